The van der Waals surface area contributed by atoms with Gasteiger partial charge in [-0.1, -0.05) is 30.3 Å². The maximum absolute atomic E-state index is 13.1. The first-order valence-electron chi connectivity index (χ1n) is 5.52. The number of hydrogen-bond donors (Lipinski definition) is 1. The zero-order valence-electron chi connectivity index (χ0n) is 9.79. The van der Waals surface area contributed by atoms with E-state index in [0.717, 1.165) is 5.56 Å². The van der Waals surface area contributed by atoms with Gasteiger partial charge in [0.05, 0.1) is 12.6 Å². The lowest BCUT2D eigenvalue weighted by Crippen LogP contribution is -2.32. The molecular weight excluding hydrogens is 259 g/mol. The smallest absolute Gasteiger partial charge is 0.410 e. The van der Waals surface area contributed by atoms with Crippen LogP contribution in [0.5, 0.6) is 0 Å². The molecule has 0 aromatic heterocycles. The second kappa shape index (κ2) is 6.56. The summed E-state index contributed by atoms with van der Waals surface area (Å²) in [4.78, 5) is 12.9. The third kappa shape index (κ3) is 3.58. The highest BCUT2D eigenvalue weighted by molar-refractivity contribution is 5.85. The van der Waals surface area contributed by atoms with Crippen LogP contribution in [-0.2, 0) is 11.3 Å². The third-order valence-corrected chi connectivity index (χ3v) is 2.75. The van der Waals surface area contributed by atoms with Gasteiger partial charge in [-0.15, -0.1) is 12.4 Å². The zero-order valence-corrected chi connectivity index (χ0v) is 10.6. The van der Waals surface area contributed by atoms with E-state index in [1.165, 1.54) is 4.90 Å². The van der Waals surface area contributed by atoms with Crippen LogP contribution in [0, 0.1) is 0 Å². The number of hydrogen-bond acceptors (Lipinski definition) is 3. The maximum atomic E-state index is 13.1. The lowest BCUT2D eigenvalue weighted by molar-refractivity contribution is 0.102. The van der Waals surface area contributed by atoms with E-state index in [-0.39, 0.29) is 32.1 Å². The van der Waals surface area contributed by atoms with Gasteiger partial charge in [-0.3, -0.25) is 0 Å². The summed E-state index contributed by atoms with van der Waals surface area (Å²) in [5, 5.41) is 0. The molecule has 18 heavy (non-hydrogen) atoms. The molecule has 1 saturated heterocycles. The lowest BCUT2D eigenvalue weighted by Gasteiger charge is -2.15. The van der Waals surface area contributed by atoms with Crippen molar-refractivity contribution >= 4 is 18.5 Å². The Kier molecular flexibility index (Phi) is 5.37. The average molecular weight is 275 g/mol. The minimum atomic E-state index is -1.15. The van der Waals surface area contributed by atoms with Crippen LogP contribution in [0.2, 0.25) is 0 Å². The fraction of sp³-hybridized carbons (Fsp3) is 0.417. The number of ether oxygens (including phenoxy) is 1. The Morgan fingerprint density at radius 2 is 2.06 bits per heavy atom. The number of rotatable bonds is 2. The van der Waals surface area contributed by atoms with E-state index >= 15 is 0 Å². The molecule has 0 spiro atoms. The predicted octanol–water partition coefficient (Wildman–Crippen LogP) is 1.73. The first-order valence-corrected chi connectivity index (χ1v) is 5.52. The third-order valence-electron chi connectivity index (χ3n) is 2.75. The number of nitrogens with two attached hydrogens (primary N) is 1. The number of amides is 1. The summed E-state index contributed by atoms with van der Waals surface area (Å²) in [5.74, 6) is 0. The van der Waals surface area contributed by atoms with E-state index in [9.17, 15) is 9.18 Å². The molecule has 2 rings (SSSR count). The van der Waals surface area contributed by atoms with Crippen LogP contribution in [0.25, 0.3) is 0 Å². The average Bonchev–Trinajstić information content (AvgIpc) is 2.68. The van der Waals surface area contributed by atoms with Crippen molar-refractivity contribution in [2.75, 3.05) is 13.1 Å². The normalized spacial score (nSPS) is 22.4. The highest BCUT2D eigenvalue weighted by atomic mass is 35.5. The lowest BCUT2D eigenvalue weighted by atomic mass is 10.2. The van der Waals surface area contributed by atoms with Gasteiger partial charge in [0, 0.05) is 6.54 Å². The van der Waals surface area contributed by atoms with Gasteiger partial charge in [0.25, 0.3) is 0 Å². The topological polar surface area (TPSA) is 55.6 Å². The number of carbonyl (C=O) groups is 1. The Bertz CT molecular complexity index is 381. The number of alkyl halides is 1. The monoisotopic (exact) mass is 274 g/mol. The van der Waals surface area contributed by atoms with Gasteiger partial charge in [-0.25, -0.2) is 9.18 Å². The Hall–Kier alpha value is -1.33. The van der Waals surface area contributed by atoms with E-state index in [2.05, 4.69) is 0 Å². The van der Waals surface area contributed by atoms with Crippen LogP contribution in [-0.4, -0.2) is 36.3 Å². The Balaban J connectivity index is 0.00000162. The SMILES string of the molecule is Cl.NC1CN(C(=O)OCc2ccccc2)CC1F. The largest absolute Gasteiger partial charge is 0.445 e. The summed E-state index contributed by atoms with van der Waals surface area (Å²) in [6, 6.07) is 8.75. The molecule has 0 saturated carbocycles. The molecule has 1 heterocycles. The molecule has 100 valence electrons. The van der Waals surface area contributed by atoms with Crippen molar-refractivity contribution in [3.8, 4) is 0 Å². The predicted molar refractivity (Wildman–Crippen MR) is 68.3 cm³/mol. The Morgan fingerprint density at radius 3 is 2.61 bits per heavy atom. The fourth-order valence-corrected chi connectivity index (χ4v) is 1.75. The van der Waals surface area contributed by atoms with Crippen LogP contribution >= 0.6 is 12.4 Å². The molecule has 6 heteroatoms. The van der Waals surface area contributed by atoms with Gasteiger partial charge in [0.2, 0.25) is 0 Å². The van der Waals surface area contributed by atoms with Gasteiger partial charge in [-0.05, 0) is 5.56 Å². The summed E-state index contributed by atoms with van der Waals surface area (Å²) in [5.41, 5.74) is 6.39. The quantitative estimate of drug-likeness (QED) is 0.893. The molecule has 4 nitrogen and oxygen atoms in total. The van der Waals surface area contributed by atoms with Crippen molar-refractivity contribution in [3.63, 3.8) is 0 Å². The zero-order chi connectivity index (χ0) is 12.3. The summed E-state index contributed by atoms with van der Waals surface area (Å²) in [7, 11) is 0. The molecule has 0 aliphatic carbocycles. The molecule has 2 N–H and O–H groups in total. The van der Waals surface area contributed by atoms with Crippen molar-refractivity contribution in [3.05, 3.63) is 35.9 Å². The molecule has 1 aliphatic rings. The van der Waals surface area contributed by atoms with E-state index in [1.807, 2.05) is 30.3 Å². The molecule has 1 amide bonds. The van der Waals surface area contributed by atoms with E-state index < -0.39 is 18.3 Å². The second-order valence-corrected chi connectivity index (χ2v) is 4.13. The van der Waals surface area contributed by atoms with Crippen molar-refractivity contribution in [1.82, 2.24) is 4.90 Å². The van der Waals surface area contributed by atoms with Gasteiger partial charge in [-0.2, -0.15) is 0 Å². The van der Waals surface area contributed by atoms with E-state index in [1.54, 1.807) is 0 Å². The molecule has 1 aromatic carbocycles. The minimum Gasteiger partial charge on any atom is -0.445 e. The Labute approximate surface area is 111 Å². The number of benzene rings is 1. The van der Waals surface area contributed by atoms with Crippen LogP contribution in [0.3, 0.4) is 0 Å². The van der Waals surface area contributed by atoms with E-state index in [0.29, 0.717) is 0 Å². The molecular formula is C12H16ClFN2O2. The summed E-state index contributed by atoms with van der Waals surface area (Å²) < 4.78 is 18.2. The van der Waals surface area contributed by atoms with Crippen molar-refractivity contribution in [2.45, 2.75) is 18.8 Å². The van der Waals surface area contributed by atoms with Gasteiger partial charge >= 0.3 is 6.09 Å². The van der Waals surface area contributed by atoms with Gasteiger partial charge in [0.15, 0.2) is 0 Å². The van der Waals surface area contributed by atoms with Crippen molar-refractivity contribution < 1.29 is 13.9 Å². The summed E-state index contributed by atoms with van der Waals surface area (Å²) >= 11 is 0. The number of likely N-dealkylation sites (tertiary alicyclic amines) is 1. The molecule has 1 aliphatic heterocycles. The highest BCUT2D eigenvalue weighted by Crippen LogP contribution is 2.13. The first-order chi connectivity index (χ1) is 8.16. The first kappa shape index (κ1) is 14.7. The molecule has 0 bridgehead atoms. The van der Waals surface area contributed by atoms with Crippen LogP contribution in [0.1, 0.15) is 5.56 Å². The van der Waals surface area contributed by atoms with Crippen molar-refractivity contribution in [1.29, 1.82) is 0 Å². The van der Waals surface area contributed by atoms with E-state index in [4.69, 9.17) is 10.5 Å². The van der Waals surface area contributed by atoms with Crippen LogP contribution < -0.4 is 5.73 Å². The molecule has 1 fully saturated rings. The van der Waals surface area contributed by atoms with Gasteiger partial charge < -0.3 is 15.4 Å². The summed E-state index contributed by atoms with van der Waals surface area (Å²) in [6.45, 7) is 0.436. The number of carbonyl (C=O) groups excluding carboxylic acids is 1. The number of halogens is 2. The standard InChI is InChI=1S/C12H15FN2O2.ClH/c13-10-6-15(7-11(10)14)12(16)17-8-9-4-2-1-3-5-9;/h1-5,10-11H,6-8,14H2;1H. The fourth-order valence-electron chi connectivity index (χ4n) is 1.75. The van der Waals surface area contributed by atoms with Crippen LogP contribution in [0.4, 0.5) is 9.18 Å². The van der Waals surface area contributed by atoms with Crippen molar-refractivity contribution in [2.24, 2.45) is 5.73 Å². The molecule has 2 atom stereocenters. The number of nitrogens with zero attached hydrogens (tertiary/aromatic N) is 1. The Morgan fingerprint density at radius 1 is 1.39 bits per heavy atom. The van der Waals surface area contributed by atoms with Gasteiger partial charge in [0.1, 0.15) is 12.8 Å². The highest BCUT2D eigenvalue weighted by Gasteiger charge is 2.33. The molecule has 1 aromatic rings. The molecule has 2 unspecified atom stereocenters. The van der Waals surface area contributed by atoms with Crippen LogP contribution in [0.15, 0.2) is 30.3 Å². The molecule has 0 radical (unpaired) electrons. The second-order valence-electron chi connectivity index (χ2n) is 4.13. The summed E-state index contributed by atoms with van der Waals surface area (Å²) in [6.07, 6.45) is -1.66. The minimum absolute atomic E-state index is 0. The maximum Gasteiger partial charge on any atom is 0.410 e.